The maximum Gasteiger partial charge on any atom is 0.435 e. The zero-order chi connectivity index (χ0) is 25.5. The van der Waals surface area contributed by atoms with Gasteiger partial charge in [0.2, 0.25) is 5.88 Å². The highest BCUT2D eigenvalue weighted by atomic mass is 35.5. The molecule has 0 spiro atoms. The number of carbonyl (C=O) groups is 2. The lowest BCUT2D eigenvalue weighted by atomic mass is 10.1. The number of hydrogen-bond donors (Lipinski definition) is 1. The zero-order valence-corrected chi connectivity index (χ0v) is 19.9. The van der Waals surface area contributed by atoms with Crippen molar-refractivity contribution in [3.05, 3.63) is 75.4 Å². The summed E-state index contributed by atoms with van der Waals surface area (Å²) >= 11 is 16.9. The number of alkyl halides is 3. The van der Waals surface area contributed by atoms with Crippen molar-refractivity contribution in [1.29, 1.82) is 0 Å². The molecule has 3 aromatic rings. The standard InChI is InChI=1S/C22H13Cl2F3N4O3S/c1-30-20(34-14-4-2-3-12(24)9-14)15(17(29-30)22(25,26)27)10-16-18(32)28-21(35)31(19(16)33)13-7-5-11(23)6-8-13/h2-10H,1H3,(H,28,32,35). The molecule has 7 nitrogen and oxygen atoms in total. The predicted octanol–water partition coefficient (Wildman–Crippen LogP) is 5.37. The van der Waals surface area contributed by atoms with E-state index in [1.165, 1.54) is 43.4 Å². The second-order valence-electron chi connectivity index (χ2n) is 7.18. The van der Waals surface area contributed by atoms with Crippen LogP contribution in [-0.4, -0.2) is 26.7 Å². The minimum absolute atomic E-state index is 0.122. The summed E-state index contributed by atoms with van der Waals surface area (Å²) in [5.41, 5.74) is -2.32. The molecule has 0 atom stereocenters. The minimum Gasteiger partial charge on any atom is -0.439 e. The first-order chi connectivity index (χ1) is 16.5. The first-order valence-electron chi connectivity index (χ1n) is 9.70. The van der Waals surface area contributed by atoms with Crippen LogP contribution in [0.3, 0.4) is 0 Å². The van der Waals surface area contributed by atoms with E-state index in [2.05, 4.69) is 10.4 Å². The molecular weight excluding hydrogens is 528 g/mol. The van der Waals surface area contributed by atoms with Gasteiger partial charge in [0.1, 0.15) is 11.3 Å². The first-order valence-corrected chi connectivity index (χ1v) is 10.9. The lowest BCUT2D eigenvalue weighted by Crippen LogP contribution is -2.54. The number of halogens is 5. The normalized spacial score (nSPS) is 15.5. The van der Waals surface area contributed by atoms with Crippen LogP contribution < -0.4 is 15.0 Å². The minimum atomic E-state index is -4.92. The zero-order valence-electron chi connectivity index (χ0n) is 17.6. The molecule has 1 N–H and O–H groups in total. The van der Waals surface area contributed by atoms with E-state index in [1.807, 2.05) is 0 Å². The summed E-state index contributed by atoms with van der Waals surface area (Å²) < 4.78 is 48.0. The third-order valence-electron chi connectivity index (χ3n) is 4.78. The summed E-state index contributed by atoms with van der Waals surface area (Å²) in [5.74, 6) is -2.15. The van der Waals surface area contributed by atoms with Gasteiger partial charge in [-0.05, 0) is 60.8 Å². The molecule has 1 aromatic heterocycles. The molecular formula is C22H13Cl2F3N4O3S. The molecule has 2 aromatic carbocycles. The van der Waals surface area contributed by atoms with Gasteiger partial charge in [-0.15, -0.1) is 0 Å². The molecule has 0 bridgehead atoms. The number of carbonyl (C=O) groups excluding carboxylic acids is 2. The van der Waals surface area contributed by atoms with Crippen molar-refractivity contribution >= 4 is 64.1 Å². The molecule has 1 aliphatic heterocycles. The van der Waals surface area contributed by atoms with Crippen molar-refractivity contribution in [1.82, 2.24) is 15.1 Å². The summed E-state index contributed by atoms with van der Waals surface area (Å²) in [7, 11) is 1.23. The van der Waals surface area contributed by atoms with Crippen molar-refractivity contribution in [3.63, 3.8) is 0 Å². The smallest absolute Gasteiger partial charge is 0.435 e. The molecule has 35 heavy (non-hydrogen) atoms. The fraction of sp³-hybridized carbons (Fsp3) is 0.0909. The lowest BCUT2D eigenvalue weighted by molar-refractivity contribution is -0.141. The number of nitrogens with one attached hydrogen (secondary N) is 1. The molecule has 180 valence electrons. The van der Waals surface area contributed by atoms with Crippen LogP contribution in [0.4, 0.5) is 18.9 Å². The Kier molecular flexibility index (Phi) is 6.58. The van der Waals surface area contributed by atoms with Crippen LogP contribution in [0.15, 0.2) is 54.1 Å². The fourth-order valence-electron chi connectivity index (χ4n) is 3.25. The van der Waals surface area contributed by atoms with Crippen molar-refractivity contribution in [3.8, 4) is 11.6 Å². The van der Waals surface area contributed by atoms with E-state index >= 15 is 0 Å². The van der Waals surface area contributed by atoms with Crippen LogP contribution >= 0.6 is 35.4 Å². The third kappa shape index (κ3) is 5.02. The fourth-order valence-corrected chi connectivity index (χ4v) is 3.84. The number of anilines is 1. The van der Waals surface area contributed by atoms with Gasteiger partial charge in [-0.1, -0.05) is 29.3 Å². The molecule has 0 saturated carbocycles. The molecule has 2 amide bonds. The van der Waals surface area contributed by atoms with Crippen molar-refractivity contribution in [2.45, 2.75) is 6.18 Å². The van der Waals surface area contributed by atoms with Gasteiger partial charge >= 0.3 is 6.18 Å². The summed E-state index contributed by atoms with van der Waals surface area (Å²) in [4.78, 5) is 26.8. The Morgan fingerprint density at radius 1 is 1.09 bits per heavy atom. The highest BCUT2D eigenvalue weighted by Crippen LogP contribution is 2.39. The molecule has 0 aliphatic carbocycles. The van der Waals surface area contributed by atoms with Crippen LogP contribution in [0.5, 0.6) is 11.6 Å². The average molecular weight is 541 g/mol. The maximum atomic E-state index is 13.8. The van der Waals surface area contributed by atoms with Crippen LogP contribution in [0.1, 0.15) is 11.3 Å². The van der Waals surface area contributed by atoms with Crippen molar-refractivity contribution in [2.75, 3.05) is 4.90 Å². The van der Waals surface area contributed by atoms with Gasteiger partial charge < -0.3 is 4.74 Å². The quantitative estimate of drug-likeness (QED) is 0.273. The molecule has 1 saturated heterocycles. The maximum absolute atomic E-state index is 13.8. The average Bonchev–Trinajstić information content (AvgIpc) is 3.08. The molecule has 4 rings (SSSR count). The van der Waals surface area contributed by atoms with Gasteiger partial charge in [-0.3, -0.25) is 19.8 Å². The highest BCUT2D eigenvalue weighted by molar-refractivity contribution is 7.80. The number of hydrogen-bond acceptors (Lipinski definition) is 5. The van der Waals surface area contributed by atoms with Gasteiger partial charge in [0.25, 0.3) is 11.8 Å². The number of aryl methyl sites for hydroxylation is 1. The van der Waals surface area contributed by atoms with Gasteiger partial charge in [0.15, 0.2) is 10.8 Å². The van der Waals surface area contributed by atoms with E-state index in [9.17, 15) is 22.8 Å². The Morgan fingerprint density at radius 2 is 1.77 bits per heavy atom. The highest BCUT2D eigenvalue weighted by Gasteiger charge is 2.41. The van der Waals surface area contributed by atoms with E-state index in [-0.39, 0.29) is 27.5 Å². The SMILES string of the molecule is Cn1nc(C(F)(F)F)c(C=C2C(=O)NC(=S)N(c3ccc(Cl)cc3)C2=O)c1Oc1cccc(Cl)c1. The largest absolute Gasteiger partial charge is 0.439 e. The molecule has 1 aliphatic rings. The van der Waals surface area contributed by atoms with E-state index in [4.69, 9.17) is 40.2 Å². The Balaban J connectivity index is 1.84. The predicted molar refractivity (Wildman–Crippen MR) is 127 cm³/mol. The summed E-state index contributed by atoms with van der Waals surface area (Å²) in [6, 6.07) is 11.9. The van der Waals surface area contributed by atoms with Crippen LogP contribution in [0, 0.1) is 0 Å². The molecule has 0 radical (unpaired) electrons. The van der Waals surface area contributed by atoms with Gasteiger partial charge in [-0.2, -0.15) is 18.3 Å². The number of amides is 2. The van der Waals surface area contributed by atoms with Gasteiger partial charge in [0.05, 0.1) is 11.3 Å². The van der Waals surface area contributed by atoms with Gasteiger partial charge in [0, 0.05) is 17.1 Å². The Morgan fingerprint density at radius 3 is 2.40 bits per heavy atom. The monoisotopic (exact) mass is 540 g/mol. The van der Waals surface area contributed by atoms with E-state index in [0.29, 0.717) is 5.02 Å². The topological polar surface area (TPSA) is 76.5 Å². The lowest BCUT2D eigenvalue weighted by Gasteiger charge is -2.29. The van der Waals surface area contributed by atoms with Crippen LogP contribution in [0.25, 0.3) is 6.08 Å². The Hall–Kier alpha value is -3.41. The number of ether oxygens (including phenoxy) is 1. The number of aromatic nitrogens is 2. The molecule has 2 heterocycles. The van der Waals surface area contributed by atoms with E-state index < -0.39 is 34.8 Å². The number of thiocarbonyl (C=S) groups is 1. The number of nitrogens with zero attached hydrogens (tertiary/aromatic N) is 3. The van der Waals surface area contributed by atoms with E-state index in [1.54, 1.807) is 12.1 Å². The summed E-state index contributed by atoms with van der Waals surface area (Å²) in [6.07, 6.45) is -4.14. The Bertz CT molecular complexity index is 1390. The summed E-state index contributed by atoms with van der Waals surface area (Å²) in [5, 5.41) is 6.26. The summed E-state index contributed by atoms with van der Waals surface area (Å²) in [6.45, 7) is 0. The number of rotatable bonds is 4. The number of benzene rings is 2. The van der Waals surface area contributed by atoms with Gasteiger partial charge in [-0.25, -0.2) is 4.68 Å². The molecule has 13 heteroatoms. The molecule has 1 fully saturated rings. The second-order valence-corrected chi connectivity index (χ2v) is 8.44. The molecule has 0 unspecified atom stereocenters. The van der Waals surface area contributed by atoms with Crippen molar-refractivity contribution < 1.29 is 27.5 Å². The first kappa shape index (κ1) is 24.7. The van der Waals surface area contributed by atoms with E-state index in [0.717, 1.165) is 15.7 Å². The van der Waals surface area contributed by atoms with Crippen molar-refractivity contribution in [2.24, 2.45) is 7.05 Å². The van der Waals surface area contributed by atoms with Crippen LogP contribution in [-0.2, 0) is 22.8 Å². The second kappa shape index (κ2) is 9.33. The third-order valence-corrected chi connectivity index (χ3v) is 5.56. The Labute approximate surface area is 211 Å². The van der Waals surface area contributed by atoms with Crippen LogP contribution in [0.2, 0.25) is 10.0 Å².